The summed E-state index contributed by atoms with van der Waals surface area (Å²) < 4.78 is 3.55. The average Bonchev–Trinajstić information content (AvgIpc) is 3.19. The topological polar surface area (TPSA) is 66.5 Å². The summed E-state index contributed by atoms with van der Waals surface area (Å²) in [6.07, 6.45) is 1.84. The molecule has 6 heteroatoms. The van der Waals surface area contributed by atoms with Crippen LogP contribution in [0.5, 0.6) is 0 Å². The van der Waals surface area contributed by atoms with Crippen LogP contribution < -0.4 is 5.56 Å². The van der Waals surface area contributed by atoms with Crippen LogP contribution in [0.4, 0.5) is 0 Å². The minimum absolute atomic E-state index is 0.0542. The smallest absolute Gasteiger partial charge is 0.262 e. The van der Waals surface area contributed by atoms with Gasteiger partial charge in [-0.2, -0.15) is 5.26 Å². The molecule has 5 nitrogen and oxygen atoms in total. The quantitative estimate of drug-likeness (QED) is 0.555. The Morgan fingerprint density at radius 2 is 1.81 bits per heavy atom. The summed E-state index contributed by atoms with van der Waals surface area (Å²) in [5.41, 5.74) is 4.18. The number of nitrogens with zero attached hydrogens (tertiary/aromatic N) is 3. The van der Waals surface area contributed by atoms with Gasteiger partial charge < -0.3 is 4.57 Å². The molecule has 0 spiro atoms. The minimum Gasteiger partial charge on any atom is -0.310 e. The first kappa shape index (κ1) is 17.2. The first-order valence-corrected chi connectivity index (χ1v) is 9.00. The fraction of sp³-hybridized carbons (Fsp3) is 0.143. The Kier molecular flexibility index (Phi) is 4.14. The Morgan fingerprint density at radius 1 is 1.11 bits per heavy atom. The van der Waals surface area contributed by atoms with E-state index in [9.17, 15) is 4.79 Å². The standard InChI is InChI=1S/C21H17ClN4O/c1-13(2)25-12-17-19(21(25)27)20(15-9-7-14(11-23)8-10-15)26(24-17)18-6-4-3-5-16(18)22/h3-10,12-13,24H,1-2H3. The first-order chi connectivity index (χ1) is 13.0. The average molecular weight is 377 g/mol. The highest BCUT2D eigenvalue weighted by Crippen LogP contribution is 2.36. The molecular weight excluding hydrogens is 360 g/mol. The third kappa shape index (κ3) is 2.75. The summed E-state index contributed by atoms with van der Waals surface area (Å²) in [6.45, 7) is 3.95. The van der Waals surface area contributed by atoms with E-state index >= 15 is 0 Å². The van der Waals surface area contributed by atoms with Crippen LogP contribution >= 0.6 is 11.6 Å². The van der Waals surface area contributed by atoms with Gasteiger partial charge in [0.2, 0.25) is 0 Å². The Labute approximate surface area is 161 Å². The molecule has 0 bridgehead atoms. The van der Waals surface area contributed by atoms with Gasteiger partial charge in [-0.25, -0.2) is 0 Å². The second-order valence-electron chi connectivity index (χ2n) is 6.66. The molecule has 0 radical (unpaired) electrons. The molecule has 0 amide bonds. The molecule has 0 saturated heterocycles. The molecule has 0 fully saturated rings. The SMILES string of the molecule is CC(C)n1cc2[nH]n(-c3ccccc3Cl)c(-c3ccc(C#N)cc3)c-2c1=O. The maximum Gasteiger partial charge on any atom is 0.262 e. The van der Waals surface area contributed by atoms with Crippen LogP contribution in [0.2, 0.25) is 5.02 Å². The predicted octanol–water partition coefficient (Wildman–Crippen LogP) is 4.84. The molecule has 0 atom stereocenters. The van der Waals surface area contributed by atoms with Gasteiger partial charge in [0.25, 0.3) is 5.56 Å². The Bertz CT molecular complexity index is 1190. The van der Waals surface area contributed by atoms with Crippen LogP contribution in [0.1, 0.15) is 25.5 Å². The van der Waals surface area contributed by atoms with Crippen molar-refractivity contribution in [3.63, 3.8) is 0 Å². The highest BCUT2D eigenvalue weighted by Gasteiger charge is 2.26. The van der Waals surface area contributed by atoms with Gasteiger partial charge in [0.05, 0.1) is 39.3 Å². The molecule has 2 aromatic rings. The highest BCUT2D eigenvalue weighted by molar-refractivity contribution is 6.32. The van der Waals surface area contributed by atoms with Crippen molar-refractivity contribution in [3.05, 3.63) is 75.7 Å². The third-order valence-corrected chi connectivity index (χ3v) is 4.94. The number of nitrogens with one attached hydrogen (secondary N) is 1. The van der Waals surface area contributed by atoms with Gasteiger partial charge in [-0.05, 0) is 38.1 Å². The fourth-order valence-electron chi connectivity index (χ4n) is 3.28. The van der Waals surface area contributed by atoms with E-state index in [0.717, 1.165) is 22.6 Å². The molecule has 2 aliphatic heterocycles. The van der Waals surface area contributed by atoms with Gasteiger partial charge in [-0.1, -0.05) is 35.9 Å². The number of hydrogen-bond donors (Lipinski definition) is 1. The Hall–Kier alpha value is -3.23. The molecule has 2 aromatic carbocycles. The van der Waals surface area contributed by atoms with E-state index in [4.69, 9.17) is 16.9 Å². The van der Waals surface area contributed by atoms with E-state index < -0.39 is 0 Å². The van der Waals surface area contributed by atoms with Crippen molar-refractivity contribution in [1.82, 2.24) is 14.3 Å². The molecule has 27 heavy (non-hydrogen) atoms. The molecule has 0 saturated carbocycles. The highest BCUT2D eigenvalue weighted by atomic mass is 35.5. The number of aromatic nitrogens is 3. The van der Waals surface area contributed by atoms with E-state index in [2.05, 4.69) is 11.2 Å². The normalized spacial score (nSPS) is 11.2. The van der Waals surface area contributed by atoms with Crippen LogP contribution in [0, 0.1) is 11.3 Å². The molecule has 2 aliphatic rings. The largest absolute Gasteiger partial charge is 0.310 e. The molecule has 1 N–H and O–H groups in total. The lowest BCUT2D eigenvalue weighted by Gasteiger charge is -2.11. The monoisotopic (exact) mass is 376 g/mol. The number of aromatic amines is 1. The van der Waals surface area contributed by atoms with E-state index in [1.165, 1.54) is 0 Å². The van der Waals surface area contributed by atoms with E-state index in [1.54, 1.807) is 16.7 Å². The summed E-state index contributed by atoms with van der Waals surface area (Å²) in [5, 5.41) is 13.0. The Balaban J connectivity index is 2.06. The lowest BCUT2D eigenvalue weighted by molar-refractivity contribution is 0.588. The maximum atomic E-state index is 13.1. The first-order valence-electron chi connectivity index (χ1n) is 8.62. The van der Waals surface area contributed by atoms with Gasteiger partial charge in [-0.15, -0.1) is 0 Å². The minimum atomic E-state index is -0.0542. The van der Waals surface area contributed by atoms with Gasteiger partial charge in [-0.3, -0.25) is 14.6 Å². The van der Waals surface area contributed by atoms with E-state index in [1.807, 2.05) is 61.1 Å². The number of H-pyrrole nitrogens is 1. The molecule has 134 valence electrons. The summed E-state index contributed by atoms with van der Waals surface area (Å²) >= 11 is 6.41. The van der Waals surface area contributed by atoms with Crippen molar-refractivity contribution in [2.75, 3.05) is 0 Å². The zero-order valence-electron chi connectivity index (χ0n) is 14.9. The van der Waals surface area contributed by atoms with Crippen molar-refractivity contribution in [2.24, 2.45) is 0 Å². The number of halogens is 1. The van der Waals surface area contributed by atoms with Crippen molar-refractivity contribution in [3.8, 4) is 34.3 Å². The number of rotatable bonds is 3. The molecule has 0 aliphatic carbocycles. The molecule has 2 heterocycles. The number of nitriles is 1. The lowest BCUT2D eigenvalue weighted by atomic mass is 10.0. The number of hydrogen-bond acceptors (Lipinski definition) is 2. The Morgan fingerprint density at radius 3 is 2.44 bits per heavy atom. The predicted molar refractivity (Wildman–Crippen MR) is 107 cm³/mol. The van der Waals surface area contributed by atoms with Gasteiger partial charge in [0.1, 0.15) is 0 Å². The number of fused-ring (bicyclic) bond motifs is 1. The number of para-hydroxylation sites is 1. The second kappa shape index (κ2) is 6.49. The van der Waals surface area contributed by atoms with Gasteiger partial charge in [0, 0.05) is 17.8 Å². The second-order valence-corrected chi connectivity index (χ2v) is 7.07. The lowest BCUT2D eigenvalue weighted by Crippen LogP contribution is -2.17. The van der Waals surface area contributed by atoms with Crippen LogP contribution in [-0.2, 0) is 0 Å². The van der Waals surface area contributed by atoms with E-state index in [0.29, 0.717) is 16.1 Å². The fourth-order valence-corrected chi connectivity index (χ4v) is 3.50. The molecule has 0 unspecified atom stereocenters. The van der Waals surface area contributed by atoms with Gasteiger partial charge >= 0.3 is 0 Å². The van der Waals surface area contributed by atoms with Crippen LogP contribution in [0.3, 0.4) is 0 Å². The summed E-state index contributed by atoms with van der Waals surface area (Å²) in [4.78, 5) is 13.1. The van der Waals surface area contributed by atoms with Gasteiger partial charge in [0.15, 0.2) is 0 Å². The van der Waals surface area contributed by atoms with Crippen molar-refractivity contribution < 1.29 is 0 Å². The molecule has 4 rings (SSSR count). The maximum absolute atomic E-state index is 13.1. The van der Waals surface area contributed by atoms with Crippen LogP contribution in [-0.4, -0.2) is 14.3 Å². The zero-order chi connectivity index (χ0) is 19.1. The van der Waals surface area contributed by atoms with Crippen LogP contribution in [0.15, 0.2) is 59.5 Å². The van der Waals surface area contributed by atoms with Crippen molar-refractivity contribution in [2.45, 2.75) is 19.9 Å². The summed E-state index contributed by atoms with van der Waals surface area (Å²) in [7, 11) is 0. The number of benzene rings is 2. The summed E-state index contributed by atoms with van der Waals surface area (Å²) in [6, 6.07) is 16.8. The molecular formula is C21H17ClN4O. The van der Waals surface area contributed by atoms with Crippen LogP contribution in [0.25, 0.3) is 28.2 Å². The van der Waals surface area contributed by atoms with Crippen molar-refractivity contribution in [1.29, 1.82) is 5.26 Å². The van der Waals surface area contributed by atoms with Crippen molar-refractivity contribution >= 4 is 11.6 Å². The zero-order valence-corrected chi connectivity index (χ0v) is 15.7. The summed E-state index contributed by atoms with van der Waals surface area (Å²) in [5.74, 6) is 0. The third-order valence-electron chi connectivity index (χ3n) is 4.62. The van der Waals surface area contributed by atoms with E-state index in [-0.39, 0.29) is 11.6 Å². The molecule has 0 aromatic heterocycles.